The summed E-state index contributed by atoms with van der Waals surface area (Å²) in [6, 6.07) is 4.77. The highest BCUT2D eigenvalue weighted by Gasteiger charge is 2.18. The predicted molar refractivity (Wildman–Crippen MR) is 108 cm³/mol. The third-order valence-electron chi connectivity index (χ3n) is 4.53. The van der Waals surface area contributed by atoms with Crippen LogP contribution in [0.1, 0.15) is 20.8 Å². The molecule has 2 heterocycles. The molecule has 0 aliphatic carbocycles. The molecule has 0 bridgehead atoms. The van der Waals surface area contributed by atoms with E-state index in [1.54, 1.807) is 12.1 Å². The average Bonchev–Trinajstić information content (AvgIpc) is 3.02. The van der Waals surface area contributed by atoms with Gasteiger partial charge in [0.1, 0.15) is 22.9 Å². The zero-order valence-corrected chi connectivity index (χ0v) is 17.3. The Bertz CT molecular complexity index is 1150. The molecule has 2 aromatic heterocycles. The maximum absolute atomic E-state index is 12.6. The molecule has 0 amide bonds. The monoisotopic (exact) mass is 416 g/mol. The number of ketones is 1. The summed E-state index contributed by atoms with van der Waals surface area (Å²) in [5.41, 5.74) is 0.782. The molecule has 3 aromatic rings. The minimum Gasteiger partial charge on any atom is -0.497 e. The van der Waals surface area contributed by atoms with E-state index in [4.69, 9.17) is 14.2 Å². The first-order valence-electron chi connectivity index (χ1n) is 8.71. The van der Waals surface area contributed by atoms with Gasteiger partial charge in [-0.1, -0.05) is 0 Å². The second-order valence-electron chi connectivity index (χ2n) is 6.29. The highest BCUT2D eigenvalue weighted by Crippen LogP contribution is 2.26. The molecule has 9 heteroatoms. The number of thiophene rings is 1. The maximum Gasteiger partial charge on any atom is 0.326 e. The van der Waals surface area contributed by atoms with E-state index < -0.39 is 18.4 Å². The van der Waals surface area contributed by atoms with Crippen LogP contribution in [-0.4, -0.2) is 42.1 Å². The van der Waals surface area contributed by atoms with Crippen molar-refractivity contribution >= 4 is 33.3 Å². The first-order chi connectivity index (χ1) is 13.8. The summed E-state index contributed by atoms with van der Waals surface area (Å²) < 4.78 is 16.5. The van der Waals surface area contributed by atoms with Crippen LogP contribution in [0.25, 0.3) is 10.2 Å². The Morgan fingerprint density at radius 2 is 1.93 bits per heavy atom. The van der Waals surface area contributed by atoms with Crippen LogP contribution in [0, 0.1) is 13.8 Å². The number of ether oxygens (including phenoxy) is 3. The van der Waals surface area contributed by atoms with Gasteiger partial charge in [0.2, 0.25) is 5.78 Å². The number of aryl methyl sites for hydroxylation is 2. The third-order valence-corrected chi connectivity index (χ3v) is 5.64. The summed E-state index contributed by atoms with van der Waals surface area (Å²) in [7, 11) is 2.92. The molecule has 0 spiro atoms. The Morgan fingerprint density at radius 3 is 2.62 bits per heavy atom. The fraction of sp³-hybridized carbons (Fsp3) is 0.300. The topological polar surface area (TPSA) is 96.7 Å². The van der Waals surface area contributed by atoms with Crippen molar-refractivity contribution in [3.05, 3.63) is 50.9 Å². The quantitative estimate of drug-likeness (QED) is 0.431. The second kappa shape index (κ2) is 8.44. The molecule has 0 saturated heterocycles. The Balaban J connectivity index is 1.71. The highest BCUT2D eigenvalue weighted by molar-refractivity contribution is 7.18. The Hall–Kier alpha value is -3.20. The number of hydrogen-bond acceptors (Lipinski definition) is 8. The SMILES string of the molecule is COc1ccc(OC)c(C(=O)COC(=O)Cn2cnc3sc(C)c(C)c3c2=O)c1. The minimum atomic E-state index is -0.715. The molecule has 1 aromatic carbocycles. The van der Waals surface area contributed by atoms with Gasteiger partial charge in [0.15, 0.2) is 6.61 Å². The number of benzene rings is 1. The van der Waals surface area contributed by atoms with Gasteiger partial charge in [-0.15, -0.1) is 11.3 Å². The zero-order valence-electron chi connectivity index (χ0n) is 16.5. The van der Waals surface area contributed by atoms with Gasteiger partial charge in [0.25, 0.3) is 5.56 Å². The normalized spacial score (nSPS) is 10.8. The van der Waals surface area contributed by atoms with Crippen LogP contribution in [0.4, 0.5) is 0 Å². The number of Topliss-reactive ketones (excluding diaryl/α,β-unsaturated/α-hetero) is 1. The molecular weight excluding hydrogens is 396 g/mol. The summed E-state index contributed by atoms with van der Waals surface area (Å²) in [4.78, 5) is 43.1. The van der Waals surface area contributed by atoms with Crippen molar-refractivity contribution in [1.29, 1.82) is 0 Å². The molecule has 152 valence electrons. The number of methoxy groups -OCH3 is 2. The van der Waals surface area contributed by atoms with Crippen LogP contribution in [0.5, 0.6) is 11.5 Å². The molecule has 0 N–H and O–H groups in total. The molecule has 0 aliphatic heterocycles. The van der Waals surface area contributed by atoms with Crippen LogP contribution < -0.4 is 15.0 Å². The number of hydrogen-bond donors (Lipinski definition) is 0. The van der Waals surface area contributed by atoms with Crippen molar-refractivity contribution in [3.63, 3.8) is 0 Å². The summed E-state index contributed by atoms with van der Waals surface area (Å²) in [5.74, 6) is -0.332. The minimum absolute atomic E-state index is 0.240. The number of fused-ring (bicyclic) bond motifs is 1. The Kier molecular flexibility index (Phi) is 5.97. The van der Waals surface area contributed by atoms with Gasteiger partial charge in [-0.05, 0) is 37.6 Å². The number of aromatic nitrogens is 2. The van der Waals surface area contributed by atoms with E-state index in [0.717, 1.165) is 10.4 Å². The van der Waals surface area contributed by atoms with Crippen LogP contribution in [0.2, 0.25) is 0 Å². The standard InChI is InChI=1S/C20H20N2O6S/c1-11-12(2)29-19-18(11)20(25)22(10-21-19)8-17(24)28-9-15(23)14-7-13(26-3)5-6-16(14)27-4/h5-7,10H,8-9H2,1-4H3. The lowest BCUT2D eigenvalue weighted by Gasteiger charge is -2.10. The van der Waals surface area contributed by atoms with Crippen molar-refractivity contribution in [2.24, 2.45) is 0 Å². The molecule has 0 fully saturated rings. The fourth-order valence-corrected chi connectivity index (χ4v) is 3.81. The van der Waals surface area contributed by atoms with Crippen molar-refractivity contribution in [2.45, 2.75) is 20.4 Å². The first kappa shape index (κ1) is 20.5. The summed E-state index contributed by atoms with van der Waals surface area (Å²) in [6.45, 7) is 2.94. The molecule has 0 aliphatic rings. The van der Waals surface area contributed by atoms with Crippen LogP contribution in [-0.2, 0) is 16.1 Å². The van der Waals surface area contributed by atoms with Gasteiger partial charge in [-0.25, -0.2) is 4.98 Å². The van der Waals surface area contributed by atoms with E-state index in [2.05, 4.69) is 4.98 Å². The van der Waals surface area contributed by atoms with E-state index in [1.807, 2.05) is 13.8 Å². The van der Waals surface area contributed by atoms with E-state index in [9.17, 15) is 14.4 Å². The summed E-state index contributed by atoms with van der Waals surface area (Å²) in [5, 5.41) is 0.500. The smallest absolute Gasteiger partial charge is 0.326 e. The number of rotatable bonds is 7. The maximum atomic E-state index is 12.6. The summed E-state index contributed by atoms with van der Waals surface area (Å²) in [6.07, 6.45) is 1.31. The van der Waals surface area contributed by atoms with Gasteiger partial charge < -0.3 is 14.2 Å². The number of carbonyl (C=O) groups excluding carboxylic acids is 2. The molecular formula is C20H20N2O6S. The molecule has 8 nitrogen and oxygen atoms in total. The third kappa shape index (κ3) is 4.14. The van der Waals surface area contributed by atoms with E-state index >= 15 is 0 Å². The number of nitrogens with zero attached hydrogens (tertiary/aromatic N) is 2. The highest BCUT2D eigenvalue weighted by atomic mass is 32.1. The molecule has 3 rings (SSSR count). The van der Waals surface area contributed by atoms with Crippen LogP contribution >= 0.6 is 11.3 Å². The zero-order chi connectivity index (χ0) is 21.1. The van der Waals surface area contributed by atoms with Gasteiger partial charge in [0, 0.05) is 4.88 Å². The Labute approximate surface area is 170 Å². The molecule has 29 heavy (non-hydrogen) atoms. The van der Waals surface area contributed by atoms with E-state index in [0.29, 0.717) is 21.7 Å². The lowest BCUT2D eigenvalue weighted by atomic mass is 10.1. The molecule has 0 radical (unpaired) electrons. The van der Waals surface area contributed by atoms with Gasteiger partial charge in [0.05, 0.1) is 31.5 Å². The lowest BCUT2D eigenvalue weighted by Crippen LogP contribution is -2.26. The lowest BCUT2D eigenvalue weighted by molar-refractivity contribution is -0.143. The molecule has 0 unspecified atom stereocenters. The predicted octanol–water partition coefficient (Wildman–Crippen LogP) is 2.52. The van der Waals surface area contributed by atoms with E-state index in [-0.39, 0.29) is 17.7 Å². The molecule has 0 atom stereocenters. The fourth-order valence-electron chi connectivity index (χ4n) is 2.82. The number of carbonyl (C=O) groups is 2. The van der Waals surface area contributed by atoms with Gasteiger partial charge in [-0.3, -0.25) is 19.0 Å². The average molecular weight is 416 g/mol. The van der Waals surface area contributed by atoms with E-state index in [1.165, 1.54) is 42.5 Å². The van der Waals surface area contributed by atoms with Gasteiger partial charge >= 0.3 is 5.97 Å². The molecule has 0 saturated carbocycles. The van der Waals surface area contributed by atoms with Crippen molar-refractivity contribution in [3.8, 4) is 11.5 Å². The van der Waals surface area contributed by atoms with Crippen molar-refractivity contribution in [2.75, 3.05) is 20.8 Å². The summed E-state index contributed by atoms with van der Waals surface area (Å²) >= 11 is 1.43. The first-order valence-corrected chi connectivity index (χ1v) is 9.53. The van der Waals surface area contributed by atoms with Crippen molar-refractivity contribution in [1.82, 2.24) is 9.55 Å². The number of esters is 1. The van der Waals surface area contributed by atoms with Crippen LogP contribution in [0.15, 0.2) is 29.3 Å². The Morgan fingerprint density at radius 1 is 1.17 bits per heavy atom. The van der Waals surface area contributed by atoms with Crippen LogP contribution in [0.3, 0.4) is 0 Å². The largest absolute Gasteiger partial charge is 0.497 e. The van der Waals surface area contributed by atoms with Crippen molar-refractivity contribution < 1.29 is 23.8 Å². The van der Waals surface area contributed by atoms with Gasteiger partial charge in [-0.2, -0.15) is 0 Å². The second-order valence-corrected chi connectivity index (χ2v) is 7.49.